The van der Waals surface area contributed by atoms with E-state index in [-0.39, 0.29) is 17.1 Å². The lowest BCUT2D eigenvalue weighted by Gasteiger charge is -2.12. The summed E-state index contributed by atoms with van der Waals surface area (Å²) in [5.74, 6) is -0.327. The van der Waals surface area contributed by atoms with Gasteiger partial charge in [-0.25, -0.2) is 0 Å². The van der Waals surface area contributed by atoms with Gasteiger partial charge < -0.3 is 10.1 Å². The second kappa shape index (κ2) is 7.82. The first kappa shape index (κ1) is 14.6. The molecule has 0 spiro atoms. The van der Waals surface area contributed by atoms with E-state index in [4.69, 9.17) is 0 Å². The zero-order valence-corrected chi connectivity index (χ0v) is 10.7. The summed E-state index contributed by atoms with van der Waals surface area (Å²) in [4.78, 5) is 11.0. The van der Waals surface area contributed by atoms with E-state index in [1.807, 2.05) is 13.8 Å². The van der Waals surface area contributed by atoms with Crippen LogP contribution in [0.25, 0.3) is 0 Å². The second-order valence-corrected chi connectivity index (χ2v) is 5.53. The molecule has 0 aliphatic carbocycles. The Morgan fingerprint density at radius 2 is 2.07 bits per heavy atom. The van der Waals surface area contributed by atoms with Crippen LogP contribution in [0.3, 0.4) is 0 Å². The highest BCUT2D eigenvalue weighted by molar-refractivity contribution is 7.84. The molecule has 15 heavy (non-hydrogen) atoms. The van der Waals surface area contributed by atoms with Crippen LogP contribution in [0.2, 0.25) is 0 Å². The van der Waals surface area contributed by atoms with E-state index in [0.29, 0.717) is 6.54 Å². The van der Waals surface area contributed by atoms with Crippen LogP contribution in [-0.2, 0) is 20.3 Å². The molecule has 90 valence electrons. The van der Waals surface area contributed by atoms with Crippen molar-refractivity contribution in [3.8, 4) is 0 Å². The van der Waals surface area contributed by atoms with Gasteiger partial charge in [0, 0.05) is 28.9 Å². The Hall–Kier alpha value is -0.420. The Kier molecular flexibility index (Phi) is 7.60. The quantitative estimate of drug-likeness (QED) is 0.517. The summed E-state index contributed by atoms with van der Waals surface area (Å²) >= 11 is 0. The summed E-state index contributed by atoms with van der Waals surface area (Å²) in [5, 5.41) is 3.35. The lowest BCUT2D eigenvalue weighted by atomic mass is 10.2. The normalized spacial score (nSPS) is 16.8. The molecule has 3 atom stereocenters. The highest BCUT2D eigenvalue weighted by atomic mass is 32.2. The standard InChI is InChI=1S/C10H21NO3S/c1-8(10(12)14-3)7-11-6-5-9(2)15(4)13/h8-9,11H,5-7H2,1-4H3. The Labute approximate surface area is 94.2 Å². The topological polar surface area (TPSA) is 55.4 Å². The van der Waals surface area contributed by atoms with Gasteiger partial charge in [-0.1, -0.05) is 13.8 Å². The van der Waals surface area contributed by atoms with Crippen molar-refractivity contribution < 1.29 is 13.7 Å². The van der Waals surface area contributed by atoms with Gasteiger partial charge in [-0.05, 0) is 13.0 Å². The lowest BCUT2D eigenvalue weighted by Crippen LogP contribution is -2.29. The van der Waals surface area contributed by atoms with E-state index < -0.39 is 10.8 Å². The van der Waals surface area contributed by atoms with Gasteiger partial charge in [0.15, 0.2) is 0 Å². The van der Waals surface area contributed by atoms with Crippen molar-refractivity contribution in [2.45, 2.75) is 25.5 Å². The number of rotatable bonds is 7. The predicted octanol–water partition coefficient (Wildman–Crippen LogP) is 0.542. The Morgan fingerprint density at radius 3 is 2.53 bits per heavy atom. The molecule has 0 aromatic rings. The number of carbonyl (C=O) groups excluding carboxylic acids is 1. The van der Waals surface area contributed by atoms with Crippen LogP contribution in [0.15, 0.2) is 0 Å². The van der Waals surface area contributed by atoms with Crippen LogP contribution in [0, 0.1) is 5.92 Å². The predicted molar refractivity (Wildman–Crippen MR) is 62.2 cm³/mol. The fourth-order valence-corrected chi connectivity index (χ4v) is 1.52. The summed E-state index contributed by atoms with van der Waals surface area (Å²) in [6.07, 6.45) is 2.57. The molecule has 4 nitrogen and oxygen atoms in total. The van der Waals surface area contributed by atoms with Gasteiger partial charge in [-0.15, -0.1) is 0 Å². The lowest BCUT2D eigenvalue weighted by molar-refractivity contribution is -0.144. The van der Waals surface area contributed by atoms with Crippen molar-refractivity contribution in [3.05, 3.63) is 0 Å². The zero-order valence-electron chi connectivity index (χ0n) is 9.91. The van der Waals surface area contributed by atoms with Crippen LogP contribution in [0.5, 0.6) is 0 Å². The highest BCUT2D eigenvalue weighted by Crippen LogP contribution is 1.99. The molecule has 0 heterocycles. The largest absolute Gasteiger partial charge is 0.469 e. The molecule has 0 aliphatic heterocycles. The van der Waals surface area contributed by atoms with Crippen LogP contribution < -0.4 is 5.32 Å². The number of carbonyl (C=O) groups is 1. The molecule has 0 rings (SSSR count). The molecule has 0 aromatic heterocycles. The van der Waals surface area contributed by atoms with Gasteiger partial charge in [0.1, 0.15) is 0 Å². The maximum absolute atomic E-state index is 11.0. The fraction of sp³-hybridized carbons (Fsp3) is 0.900. The summed E-state index contributed by atoms with van der Waals surface area (Å²) in [6, 6.07) is 0. The van der Waals surface area contributed by atoms with E-state index in [9.17, 15) is 9.00 Å². The second-order valence-electron chi connectivity index (χ2n) is 3.73. The molecule has 0 saturated carbocycles. The minimum atomic E-state index is -0.767. The van der Waals surface area contributed by atoms with E-state index in [1.54, 1.807) is 6.26 Å². The molecule has 5 heteroatoms. The maximum Gasteiger partial charge on any atom is 0.309 e. The third kappa shape index (κ3) is 6.62. The minimum Gasteiger partial charge on any atom is -0.469 e. The molecule has 0 aliphatic rings. The highest BCUT2D eigenvalue weighted by Gasteiger charge is 2.12. The van der Waals surface area contributed by atoms with Crippen molar-refractivity contribution in [1.82, 2.24) is 5.32 Å². The van der Waals surface area contributed by atoms with Crippen LogP contribution in [0.4, 0.5) is 0 Å². The number of hydrogen-bond acceptors (Lipinski definition) is 4. The van der Waals surface area contributed by atoms with Crippen LogP contribution in [0.1, 0.15) is 20.3 Å². The molecule has 0 radical (unpaired) electrons. The van der Waals surface area contributed by atoms with E-state index in [0.717, 1.165) is 13.0 Å². The number of methoxy groups -OCH3 is 1. The number of ether oxygens (including phenoxy) is 1. The summed E-state index contributed by atoms with van der Waals surface area (Å²) < 4.78 is 15.6. The third-order valence-corrected chi connectivity index (χ3v) is 3.72. The molecule has 0 saturated heterocycles. The molecule has 0 amide bonds. The smallest absolute Gasteiger partial charge is 0.309 e. The van der Waals surface area contributed by atoms with Gasteiger partial charge >= 0.3 is 5.97 Å². The van der Waals surface area contributed by atoms with Crippen molar-refractivity contribution in [2.24, 2.45) is 5.92 Å². The van der Waals surface area contributed by atoms with Gasteiger partial charge in [0.25, 0.3) is 0 Å². The Balaban J connectivity index is 3.54. The van der Waals surface area contributed by atoms with Gasteiger partial charge in [-0.3, -0.25) is 9.00 Å². The summed E-state index contributed by atoms with van der Waals surface area (Å²) in [7, 11) is 0.624. The van der Waals surface area contributed by atoms with Crippen molar-refractivity contribution in [1.29, 1.82) is 0 Å². The molecule has 0 fully saturated rings. The van der Waals surface area contributed by atoms with E-state index in [1.165, 1.54) is 7.11 Å². The molecular formula is C10H21NO3S. The molecule has 1 N–H and O–H groups in total. The fourth-order valence-electron chi connectivity index (χ4n) is 1.07. The van der Waals surface area contributed by atoms with Crippen LogP contribution in [-0.4, -0.2) is 41.9 Å². The monoisotopic (exact) mass is 235 g/mol. The molecule has 0 bridgehead atoms. The van der Waals surface area contributed by atoms with E-state index >= 15 is 0 Å². The first-order chi connectivity index (χ1) is 6.99. The average molecular weight is 235 g/mol. The van der Waals surface area contributed by atoms with Crippen molar-refractivity contribution in [3.63, 3.8) is 0 Å². The van der Waals surface area contributed by atoms with Crippen molar-refractivity contribution >= 4 is 16.8 Å². The van der Waals surface area contributed by atoms with Gasteiger partial charge in [0.2, 0.25) is 0 Å². The molecule has 0 aromatic carbocycles. The van der Waals surface area contributed by atoms with Crippen LogP contribution >= 0.6 is 0 Å². The number of hydrogen-bond donors (Lipinski definition) is 1. The Bertz CT molecular complexity index is 221. The number of esters is 1. The first-order valence-corrected chi connectivity index (χ1v) is 6.72. The summed E-state index contributed by atoms with van der Waals surface area (Å²) in [5.41, 5.74) is 0. The van der Waals surface area contributed by atoms with Gasteiger partial charge in [0.05, 0.1) is 13.0 Å². The SMILES string of the molecule is COC(=O)C(C)CNCCC(C)S(C)=O. The van der Waals surface area contributed by atoms with Crippen molar-refractivity contribution in [2.75, 3.05) is 26.5 Å². The molecule has 3 unspecified atom stereocenters. The maximum atomic E-state index is 11.0. The first-order valence-electron chi connectivity index (χ1n) is 5.09. The minimum absolute atomic E-state index is 0.127. The van der Waals surface area contributed by atoms with Gasteiger partial charge in [-0.2, -0.15) is 0 Å². The Morgan fingerprint density at radius 1 is 1.47 bits per heavy atom. The third-order valence-electron chi connectivity index (χ3n) is 2.35. The zero-order chi connectivity index (χ0) is 11.8. The molecular weight excluding hydrogens is 214 g/mol. The number of nitrogens with one attached hydrogen (secondary N) is 1. The van der Waals surface area contributed by atoms with E-state index in [2.05, 4.69) is 10.1 Å². The summed E-state index contributed by atoms with van der Waals surface area (Å²) in [6.45, 7) is 5.17. The average Bonchev–Trinajstić information content (AvgIpc) is 2.22.